The van der Waals surface area contributed by atoms with Crippen LogP contribution in [0.25, 0.3) is 5.65 Å². The van der Waals surface area contributed by atoms with Crippen molar-refractivity contribution in [1.82, 2.24) is 29.8 Å². The van der Waals surface area contributed by atoms with E-state index in [0.717, 1.165) is 25.2 Å². The standard InChI is InChI=1S/C19H20N6O2/c26-17-5-1-4-15-12-7-13(9-20-8-12)16(25(15)17)10-21-19(27)14-3-2-6-24-11-22-23-18(14)24/h1-6,11-13,16,20H,7-10H2,(H,21,27)/t12-,13+,16+/m1/s1. The summed E-state index contributed by atoms with van der Waals surface area (Å²) in [7, 11) is 0. The van der Waals surface area contributed by atoms with E-state index in [-0.39, 0.29) is 17.5 Å². The molecule has 1 saturated heterocycles. The molecule has 3 atom stereocenters. The molecule has 3 aromatic heterocycles. The van der Waals surface area contributed by atoms with Gasteiger partial charge in [0.2, 0.25) is 0 Å². The van der Waals surface area contributed by atoms with E-state index in [9.17, 15) is 9.59 Å². The summed E-state index contributed by atoms with van der Waals surface area (Å²) in [6, 6.07) is 8.93. The highest BCUT2D eigenvalue weighted by Crippen LogP contribution is 2.38. The fourth-order valence-corrected chi connectivity index (χ4v) is 4.49. The lowest BCUT2D eigenvalue weighted by Gasteiger charge is -2.43. The third-order valence-electron chi connectivity index (χ3n) is 5.74. The van der Waals surface area contributed by atoms with Crippen LogP contribution >= 0.6 is 0 Å². The molecule has 2 aliphatic heterocycles. The van der Waals surface area contributed by atoms with Crippen LogP contribution in [0.5, 0.6) is 0 Å². The lowest BCUT2D eigenvalue weighted by Crippen LogP contribution is -2.50. The van der Waals surface area contributed by atoms with Gasteiger partial charge < -0.3 is 15.2 Å². The topological polar surface area (TPSA) is 93.3 Å². The monoisotopic (exact) mass is 364 g/mol. The molecule has 138 valence electrons. The first kappa shape index (κ1) is 16.2. The van der Waals surface area contributed by atoms with Crippen molar-refractivity contribution < 1.29 is 4.79 Å². The van der Waals surface area contributed by atoms with Crippen LogP contribution < -0.4 is 16.2 Å². The van der Waals surface area contributed by atoms with Gasteiger partial charge in [-0.3, -0.25) is 14.0 Å². The maximum absolute atomic E-state index is 12.8. The van der Waals surface area contributed by atoms with Crippen LogP contribution in [0.4, 0.5) is 0 Å². The third kappa shape index (κ3) is 2.64. The number of nitrogens with one attached hydrogen (secondary N) is 2. The van der Waals surface area contributed by atoms with Gasteiger partial charge in [0.25, 0.3) is 11.5 Å². The molecule has 0 spiro atoms. The minimum atomic E-state index is -0.204. The van der Waals surface area contributed by atoms with Gasteiger partial charge in [0.05, 0.1) is 11.6 Å². The molecule has 5 heterocycles. The molecule has 8 nitrogen and oxygen atoms in total. The van der Waals surface area contributed by atoms with Gasteiger partial charge in [-0.05, 0) is 30.5 Å². The summed E-state index contributed by atoms with van der Waals surface area (Å²) in [5.74, 6) is 0.472. The smallest absolute Gasteiger partial charge is 0.255 e. The molecule has 1 amide bonds. The van der Waals surface area contributed by atoms with E-state index >= 15 is 0 Å². The highest BCUT2D eigenvalue weighted by atomic mass is 16.2. The molecule has 0 aliphatic carbocycles. The summed E-state index contributed by atoms with van der Waals surface area (Å²) in [6.07, 6.45) is 4.41. The van der Waals surface area contributed by atoms with Crippen molar-refractivity contribution in [3.63, 3.8) is 0 Å². The fraction of sp³-hybridized carbons (Fsp3) is 0.368. The molecule has 2 bridgehead atoms. The van der Waals surface area contributed by atoms with E-state index in [1.807, 2.05) is 16.7 Å². The Balaban J connectivity index is 1.44. The third-order valence-corrected chi connectivity index (χ3v) is 5.74. The molecule has 0 aromatic carbocycles. The van der Waals surface area contributed by atoms with Gasteiger partial charge in [0, 0.05) is 43.5 Å². The second-order valence-electron chi connectivity index (χ2n) is 7.27. The van der Waals surface area contributed by atoms with Gasteiger partial charge in [-0.2, -0.15) is 0 Å². The second kappa shape index (κ2) is 6.31. The minimum absolute atomic E-state index is 0.00269. The van der Waals surface area contributed by atoms with Gasteiger partial charge in [0.1, 0.15) is 6.33 Å². The molecule has 27 heavy (non-hydrogen) atoms. The first-order valence-corrected chi connectivity index (χ1v) is 9.21. The zero-order valence-corrected chi connectivity index (χ0v) is 14.7. The van der Waals surface area contributed by atoms with Crippen LogP contribution in [0.2, 0.25) is 0 Å². The molecule has 2 aliphatic rings. The van der Waals surface area contributed by atoms with Crippen molar-refractivity contribution in [3.8, 4) is 0 Å². The van der Waals surface area contributed by atoms with Crippen LogP contribution in [-0.2, 0) is 0 Å². The summed E-state index contributed by atoms with van der Waals surface area (Å²) in [5, 5.41) is 14.4. The number of nitrogens with zero attached hydrogens (tertiary/aromatic N) is 4. The molecule has 0 unspecified atom stereocenters. The SMILES string of the molecule is O=C(NC[C@H]1[C@@H]2CNC[C@@H](C2)c2cccc(=O)n21)c1cccn2cnnc12. The van der Waals surface area contributed by atoms with Crippen molar-refractivity contribution in [2.75, 3.05) is 19.6 Å². The number of amides is 1. The lowest BCUT2D eigenvalue weighted by atomic mass is 9.79. The Morgan fingerprint density at radius 2 is 2.19 bits per heavy atom. The Kier molecular flexibility index (Phi) is 3.78. The van der Waals surface area contributed by atoms with Crippen LogP contribution in [-0.4, -0.2) is 44.7 Å². The van der Waals surface area contributed by atoms with Crippen molar-refractivity contribution >= 4 is 11.6 Å². The van der Waals surface area contributed by atoms with Crippen molar-refractivity contribution in [3.05, 3.63) is 64.5 Å². The van der Waals surface area contributed by atoms with E-state index in [1.54, 1.807) is 35.1 Å². The number of hydrogen-bond acceptors (Lipinski definition) is 5. The lowest BCUT2D eigenvalue weighted by molar-refractivity contribution is 0.0933. The summed E-state index contributed by atoms with van der Waals surface area (Å²) in [5.41, 5.74) is 2.06. The number of piperidine rings is 1. The number of pyridine rings is 2. The van der Waals surface area contributed by atoms with Crippen LogP contribution in [0, 0.1) is 5.92 Å². The average Bonchev–Trinajstić information content (AvgIpc) is 3.17. The molecule has 8 heteroatoms. The van der Waals surface area contributed by atoms with Crippen molar-refractivity contribution in [1.29, 1.82) is 0 Å². The Labute approximate surface area is 155 Å². The molecule has 0 saturated carbocycles. The summed E-state index contributed by atoms with van der Waals surface area (Å²) in [4.78, 5) is 25.3. The van der Waals surface area contributed by atoms with Gasteiger partial charge >= 0.3 is 0 Å². The van der Waals surface area contributed by atoms with Crippen LogP contribution in [0.1, 0.15) is 34.4 Å². The van der Waals surface area contributed by atoms with Crippen LogP contribution in [0.3, 0.4) is 0 Å². The fourth-order valence-electron chi connectivity index (χ4n) is 4.49. The second-order valence-corrected chi connectivity index (χ2v) is 7.27. The van der Waals surface area contributed by atoms with E-state index in [0.29, 0.717) is 29.6 Å². The largest absolute Gasteiger partial charge is 0.350 e. The highest BCUT2D eigenvalue weighted by molar-refractivity contribution is 5.99. The zero-order valence-electron chi connectivity index (χ0n) is 14.7. The first-order chi connectivity index (χ1) is 13.2. The van der Waals surface area contributed by atoms with Gasteiger partial charge in [-0.1, -0.05) is 6.07 Å². The number of hydrogen-bond donors (Lipinski definition) is 2. The van der Waals surface area contributed by atoms with Crippen molar-refractivity contribution in [2.45, 2.75) is 18.4 Å². The first-order valence-electron chi connectivity index (χ1n) is 9.21. The predicted molar refractivity (Wildman–Crippen MR) is 98.8 cm³/mol. The number of aromatic nitrogens is 4. The van der Waals surface area contributed by atoms with E-state index in [2.05, 4.69) is 20.8 Å². The Morgan fingerprint density at radius 3 is 3.11 bits per heavy atom. The number of rotatable bonds is 3. The molecule has 3 aromatic rings. The number of carbonyl (C=O) groups is 1. The van der Waals surface area contributed by atoms with Gasteiger partial charge in [-0.15, -0.1) is 10.2 Å². The number of fused-ring (bicyclic) bond motifs is 5. The van der Waals surface area contributed by atoms with Crippen molar-refractivity contribution in [2.24, 2.45) is 5.92 Å². The van der Waals surface area contributed by atoms with Crippen LogP contribution in [0.15, 0.2) is 47.7 Å². The highest BCUT2D eigenvalue weighted by Gasteiger charge is 2.37. The molecular weight excluding hydrogens is 344 g/mol. The molecular formula is C19H20N6O2. The minimum Gasteiger partial charge on any atom is -0.350 e. The van der Waals surface area contributed by atoms with E-state index in [4.69, 9.17) is 0 Å². The predicted octanol–water partition coefficient (Wildman–Crippen LogP) is 0.569. The molecule has 2 N–H and O–H groups in total. The normalized spacial score (nSPS) is 23.8. The quantitative estimate of drug-likeness (QED) is 0.709. The van der Waals surface area contributed by atoms with Gasteiger partial charge in [0.15, 0.2) is 5.65 Å². The average molecular weight is 364 g/mol. The number of carbonyl (C=O) groups excluding carboxylic acids is 1. The maximum Gasteiger partial charge on any atom is 0.255 e. The summed E-state index contributed by atoms with van der Waals surface area (Å²) in [6.45, 7) is 2.16. The maximum atomic E-state index is 12.8. The van der Waals surface area contributed by atoms with E-state index in [1.165, 1.54) is 0 Å². The Bertz CT molecular complexity index is 1070. The van der Waals surface area contributed by atoms with E-state index < -0.39 is 0 Å². The molecule has 0 radical (unpaired) electrons. The molecule has 5 rings (SSSR count). The Hall–Kier alpha value is -3.00. The summed E-state index contributed by atoms with van der Waals surface area (Å²) < 4.78 is 3.60. The zero-order chi connectivity index (χ0) is 18.4. The van der Waals surface area contributed by atoms with Gasteiger partial charge in [-0.25, -0.2) is 0 Å². The Morgan fingerprint density at radius 1 is 1.26 bits per heavy atom. The molecule has 1 fully saturated rings. The summed E-state index contributed by atoms with van der Waals surface area (Å²) >= 11 is 0.